The lowest BCUT2D eigenvalue weighted by Crippen LogP contribution is -2.35. The first-order valence-corrected chi connectivity index (χ1v) is 9.65. The lowest BCUT2D eigenvalue weighted by Gasteiger charge is -2.31. The predicted octanol–water partition coefficient (Wildman–Crippen LogP) is 6.40. The Hall–Kier alpha value is -1.25. The van der Waals surface area contributed by atoms with Crippen molar-refractivity contribution in [3.63, 3.8) is 0 Å². The molecule has 0 radical (unpaired) electrons. The van der Waals surface area contributed by atoms with Gasteiger partial charge in [-0.3, -0.25) is 0 Å². The Labute approximate surface area is 149 Å². The van der Waals surface area contributed by atoms with Gasteiger partial charge in [0.2, 0.25) is 5.90 Å². The minimum Gasteiger partial charge on any atom is -0.467 e. The molecular weight excluding hydrogens is 298 g/mol. The van der Waals surface area contributed by atoms with E-state index in [-0.39, 0.29) is 11.5 Å². The fraction of sp³-hybridized carbons (Fsp3) is 0.762. The zero-order valence-electron chi connectivity index (χ0n) is 16.3. The van der Waals surface area contributed by atoms with E-state index < -0.39 is 0 Å². The van der Waals surface area contributed by atoms with Crippen LogP contribution in [0.1, 0.15) is 85.5 Å². The molecule has 0 aromatic carbocycles. The summed E-state index contributed by atoms with van der Waals surface area (Å²) in [6.07, 6.45) is 15.0. The van der Waals surface area contributed by atoms with E-state index in [1.165, 1.54) is 37.7 Å². The van der Waals surface area contributed by atoms with E-state index >= 15 is 0 Å². The van der Waals surface area contributed by atoms with Gasteiger partial charge in [0.15, 0.2) is 12.7 Å². The number of rotatable bonds is 12. The molecule has 0 bridgehead atoms. The highest BCUT2D eigenvalue weighted by molar-refractivity contribution is 5.82. The minimum atomic E-state index is -0.0806. The van der Waals surface area contributed by atoms with Crippen LogP contribution in [0.4, 0.5) is 0 Å². The monoisotopic (exact) mass is 335 g/mol. The van der Waals surface area contributed by atoms with Crippen molar-refractivity contribution in [2.75, 3.05) is 6.61 Å². The second-order valence-electron chi connectivity index (χ2n) is 7.59. The van der Waals surface area contributed by atoms with Crippen molar-refractivity contribution in [1.29, 1.82) is 0 Å². The van der Waals surface area contributed by atoms with Crippen molar-refractivity contribution < 1.29 is 9.57 Å². The first-order chi connectivity index (χ1) is 11.5. The number of ether oxygens (including phenoxy) is 1. The molecule has 3 nitrogen and oxygen atoms in total. The number of unbranched alkanes of at least 4 members (excludes halogenated alkanes) is 5. The molecule has 0 aromatic rings. The fourth-order valence-corrected chi connectivity index (χ4v) is 2.93. The Bertz CT molecular complexity index is 424. The molecule has 1 unspecified atom stereocenters. The molecule has 1 heterocycles. The Morgan fingerprint density at radius 2 is 2.04 bits per heavy atom. The largest absolute Gasteiger partial charge is 0.467 e. The Balaban J connectivity index is 2.46. The SMILES string of the molecule is C=CCCCCC(C)(C)C1=NOCC(/C=C(/C)CCCCCC)O1. The van der Waals surface area contributed by atoms with Crippen LogP contribution in [0.5, 0.6) is 0 Å². The second-order valence-corrected chi connectivity index (χ2v) is 7.59. The number of allylic oxidation sites excluding steroid dienone is 2. The van der Waals surface area contributed by atoms with Gasteiger partial charge in [-0.2, -0.15) is 0 Å². The van der Waals surface area contributed by atoms with Gasteiger partial charge >= 0.3 is 0 Å². The van der Waals surface area contributed by atoms with Crippen LogP contribution in [-0.4, -0.2) is 18.6 Å². The number of nitrogens with zero attached hydrogens (tertiary/aromatic N) is 1. The predicted molar refractivity (Wildman–Crippen MR) is 103 cm³/mol. The molecule has 1 aliphatic rings. The fourth-order valence-electron chi connectivity index (χ4n) is 2.93. The van der Waals surface area contributed by atoms with Crippen LogP contribution in [-0.2, 0) is 9.57 Å². The molecule has 1 rings (SSSR count). The smallest absolute Gasteiger partial charge is 0.232 e. The highest BCUT2D eigenvalue weighted by Gasteiger charge is 2.31. The van der Waals surface area contributed by atoms with Crippen molar-refractivity contribution >= 4 is 5.90 Å². The molecule has 0 amide bonds. The molecule has 0 aliphatic carbocycles. The van der Waals surface area contributed by atoms with Crippen LogP contribution < -0.4 is 0 Å². The van der Waals surface area contributed by atoms with Gasteiger partial charge < -0.3 is 9.57 Å². The van der Waals surface area contributed by atoms with Gasteiger partial charge in [-0.15, -0.1) is 6.58 Å². The lowest BCUT2D eigenvalue weighted by atomic mass is 9.86. The van der Waals surface area contributed by atoms with Gasteiger partial charge in [0.1, 0.15) is 0 Å². The molecule has 138 valence electrons. The summed E-state index contributed by atoms with van der Waals surface area (Å²) in [6.45, 7) is 13.1. The number of oxime groups is 1. The van der Waals surface area contributed by atoms with E-state index in [4.69, 9.17) is 9.57 Å². The van der Waals surface area contributed by atoms with Crippen LogP contribution in [0.25, 0.3) is 0 Å². The van der Waals surface area contributed by atoms with Crippen LogP contribution >= 0.6 is 0 Å². The van der Waals surface area contributed by atoms with E-state index in [9.17, 15) is 0 Å². The van der Waals surface area contributed by atoms with Crippen LogP contribution in [0, 0.1) is 5.41 Å². The van der Waals surface area contributed by atoms with E-state index in [0.29, 0.717) is 6.61 Å². The van der Waals surface area contributed by atoms with Gasteiger partial charge in [0, 0.05) is 5.41 Å². The van der Waals surface area contributed by atoms with Crippen LogP contribution in [0.3, 0.4) is 0 Å². The van der Waals surface area contributed by atoms with Crippen molar-refractivity contribution in [3.05, 3.63) is 24.3 Å². The molecule has 0 spiro atoms. The molecule has 0 fully saturated rings. The number of hydrogen-bond acceptors (Lipinski definition) is 3. The van der Waals surface area contributed by atoms with Crippen molar-refractivity contribution in [3.8, 4) is 0 Å². The lowest BCUT2D eigenvalue weighted by molar-refractivity contribution is 0.0175. The Morgan fingerprint density at radius 3 is 2.75 bits per heavy atom. The highest BCUT2D eigenvalue weighted by atomic mass is 16.7. The summed E-state index contributed by atoms with van der Waals surface area (Å²) < 4.78 is 6.13. The topological polar surface area (TPSA) is 30.8 Å². The van der Waals surface area contributed by atoms with Crippen LogP contribution in [0.2, 0.25) is 0 Å². The van der Waals surface area contributed by atoms with Crippen LogP contribution in [0.15, 0.2) is 29.5 Å². The number of hydrogen-bond donors (Lipinski definition) is 0. The third-order valence-electron chi connectivity index (χ3n) is 4.58. The minimum absolute atomic E-state index is 0.00359. The van der Waals surface area contributed by atoms with Crippen molar-refractivity contribution in [2.45, 2.75) is 91.6 Å². The molecule has 3 heteroatoms. The summed E-state index contributed by atoms with van der Waals surface area (Å²) in [4.78, 5) is 5.45. The van der Waals surface area contributed by atoms with Crippen molar-refractivity contribution in [1.82, 2.24) is 0 Å². The third-order valence-corrected chi connectivity index (χ3v) is 4.58. The molecular formula is C21H37NO2. The summed E-state index contributed by atoms with van der Waals surface area (Å²) in [5.74, 6) is 0.743. The average molecular weight is 336 g/mol. The second kappa shape index (κ2) is 11.3. The highest BCUT2D eigenvalue weighted by Crippen LogP contribution is 2.29. The Kier molecular flexibility index (Phi) is 9.82. The van der Waals surface area contributed by atoms with Gasteiger partial charge in [0.05, 0.1) is 0 Å². The average Bonchev–Trinajstić information content (AvgIpc) is 2.56. The summed E-state index contributed by atoms with van der Waals surface area (Å²) in [5.41, 5.74) is 1.31. The molecule has 1 atom stereocenters. The van der Waals surface area contributed by atoms with Gasteiger partial charge in [-0.1, -0.05) is 63.3 Å². The Morgan fingerprint density at radius 1 is 1.25 bits per heavy atom. The zero-order chi connectivity index (χ0) is 17.8. The molecule has 24 heavy (non-hydrogen) atoms. The molecule has 0 N–H and O–H groups in total. The molecule has 0 saturated heterocycles. The normalized spacial score (nSPS) is 18.6. The van der Waals surface area contributed by atoms with E-state index in [1.54, 1.807) is 0 Å². The third kappa shape index (κ3) is 8.03. The van der Waals surface area contributed by atoms with Crippen molar-refractivity contribution in [2.24, 2.45) is 10.6 Å². The maximum atomic E-state index is 6.13. The van der Waals surface area contributed by atoms with Gasteiger partial charge in [0.25, 0.3) is 0 Å². The summed E-state index contributed by atoms with van der Waals surface area (Å²) >= 11 is 0. The first-order valence-electron chi connectivity index (χ1n) is 9.65. The maximum Gasteiger partial charge on any atom is 0.232 e. The van der Waals surface area contributed by atoms with E-state index in [2.05, 4.69) is 45.5 Å². The summed E-state index contributed by atoms with van der Waals surface area (Å²) in [6, 6.07) is 0. The summed E-state index contributed by atoms with van der Waals surface area (Å²) in [5, 5.41) is 4.19. The zero-order valence-corrected chi connectivity index (χ0v) is 16.3. The first kappa shape index (κ1) is 20.8. The van der Waals surface area contributed by atoms with Gasteiger partial charge in [-0.25, -0.2) is 0 Å². The standard InChI is InChI=1S/C21H37NO2/c1-6-8-10-12-14-18(3)16-19-17-23-22-20(24-19)21(4,5)15-13-11-9-7-2/h7,16,19H,2,6,8-15,17H2,1,3-5H3/b18-16-. The molecule has 0 aromatic heterocycles. The molecule has 0 saturated carbocycles. The van der Waals surface area contributed by atoms with Gasteiger partial charge in [-0.05, 0) is 45.1 Å². The van der Waals surface area contributed by atoms with E-state index in [0.717, 1.165) is 31.6 Å². The molecule has 1 aliphatic heterocycles. The summed E-state index contributed by atoms with van der Waals surface area (Å²) in [7, 11) is 0. The maximum absolute atomic E-state index is 6.13. The quantitative estimate of drug-likeness (QED) is 0.305. The van der Waals surface area contributed by atoms with E-state index in [1.807, 2.05) is 6.08 Å².